The molecule has 0 radical (unpaired) electrons. The molecule has 2 unspecified atom stereocenters. The van der Waals surface area contributed by atoms with E-state index in [1.54, 1.807) is 12.1 Å². The van der Waals surface area contributed by atoms with E-state index in [9.17, 15) is 18.7 Å². The smallest absolute Gasteiger partial charge is 0.436 e. The molecule has 0 fully saturated rings. The molecular formula is C26H35O8P2+. The van der Waals surface area contributed by atoms with Crippen LogP contribution in [0.1, 0.15) is 54.8 Å². The number of hydrogen-bond donors (Lipinski definition) is 0. The van der Waals surface area contributed by atoms with Crippen LogP contribution in [0.2, 0.25) is 0 Å². The summed E-state index contributed by atoms with van der Waals surface area (Å²) in [6.07, 6.45) is 0.586. The number of methoxy groups -OCH3 is 4. The van der Waals surface area contributed by atoms with E-state index in [1.807, 2.05) is 27.7 Å². The second-order valence-electron chi connectivity index (χ2n) is 9.67. The van der Waals surface area contributed by atoms with Crippen LogP contribution in [0.5, 0.6) is 23.0 Å². The zero-order valence-electron chi connectivity index (χ0n) is 22.1. The second kappa shape index (κ2) is 12.0. The molecule has 0 saturated heterocycles. The van der Waals surface area contributed by atoms with Crippen molar-refractivity contribution in [3.63, 3.8) is 0 Å². The van der Waals surface area contributed by atoms with Gasteiger partial charge in [-0.2, -0.15) is 0 Å². The first-order valence-electron chi connectivity index (χ1n) is 11.4. The first-order valence-corrected chi connectivity index (χ1v) is 15.3. The number of ether oxygens (including phenoxy) is 4. The van der Waals surface area contributed by atoms with E-state index in [0.717, 1.165) is 0 Å². The first-order chi connectivity index (χ1) is 16.8. The maximum atomic E-state index is 14.7. The lowest BCUT2D eigenvalue weighted by atomic mass is 9.86. The Morgan fingerprint density at radius 2 is 1.14 bits per heavy atom. The molecule has 2 atom stereocenters. The molecule has 36 heavy (non-hydrogen) atoms. The zero-order valence-corrected chi connectivity index (χ0v) is 23.9. The van der Waals surface area contributed by atoms with Crippen LogP contribution >= 0.6 is 14.3 Å². The molecule has 0 saturated carbocycles. The van der Waals surface area contributed by atoms with Gasteiger partial charge >= 0.3 is 14.3 Å². The lowest BCUT2D eigenvalue weighted by Crippen LogP contribution is -2.16. The van der Waals surface area contributed by atoms with Gasteiger partial charge in [0.15, 0.2) is 6.16 Å². The highest BCUT2D eigenvalue weighted by Gasteiger charge is 2.60. The fourth-order valence-corrected chi connectivity index (χ4v) is 10.1. The maximum Gasteiger partial charge on any atom is 0.436 e. The third-order valence-corrected chi connectivity index (χ3v) is 12.2. The molecule has 0 bridgehead atoms. The minimum Gasteiger partial charge on any atom is -0.496 e. The number of carbonyl (C=O) groups is 2. The van der Waals surface area contributed by atoms with E-state index in [0.29, 0.717) is 6.42 Å². The number of benzene rings is 2. The minimum absolute atomic E-state index is 0.0607. The van der Waals surface area contributed by atoms with E-state index in [2.05, 4.69) is 0 Å². The van der Waals surface area contributed by atoms with Crippen LogP contribution in [0.25, 0.3) is 0 Å². The van der Waals surface area contributed by atoms with Gasteiger partial charge in [0, 0.05) is 5.92 Å². The van der Waals surface area contributed by atoms with E-state index >= 15 is 0 Å². The topological polar surface area (TPSA) is 105 Å². The van der Waals surface area contributed by atoms with Crippen molar-refractivity contribution in [3.8, 4) is 23.0 Å². The fourth-order valence-electron chi connectivity index (χ4n) is 4.21. The minimum atomic E-state index is -4.80. The lowest BCUT2D eigenvalue weighted by Gasteiger charge is -2.21. The summed E-state index contributed by atoms with van der Waals surface area (Å²) in [6, 6.07) is 9.14. The van der Waals surface area contributed by atoms with Crippen molar-refractivity contribution in [3.05, 3.63) is 47.5 Å². The van der Waals surface area contributed by atoms with Gasteiger partial charge in [-0.25, -0.2) is 0 Å². The Kier molecular flexibility index (Phi) is 9.87. The zero-order chi connectivity index (χ0) is 27.3. The SMILES string of the molecule is COc1cccc(OC)c1C(=O)P(=O)(C(=O)c1c(OC)cccc1OC)[P+](=O)CC(C)CC(C)(C)C. The van der Waals surface area contributed by atoms with Gasteiger partial charge in [-0.15, -0.1) is 0 Å². The van der Waals surface area contributed by atoms with Crippen LogP contribution in [0, 0.1) is 11.3 Å². The van der Waals surface area contributed by atoms with Gasteiger partial charge in [0.1, 0.15) is 34.1 Å². The lowest BCUT2D eigenvalue weighted by molar-refractivity contribution is 0.103. The average Bonchev–Trinajstić information content (AvgIpc) is 2.84. The highest BCUT2D eigenvalue weighted by Crippen LogP contribution is 2.74. The van der Waals surface area contributed by atoms with E-state index < -0.39 is 25.4 Å². The summed E-state index contributed by atoms with van der Waals surface area (Å²) in [5, 5.41) is 0. The van der Waals surface area contributed by atoms with Crippen molar-refractivity contribution in [1.82, 2.24) is 0 Å². The quantitative estimate of drug-likeness (QED) is 0.270. The molecule has 0 heterocycles. The Morgan fingerprint density at radius 3 is 1.42 bits per heavy atom. The van der Waals surface area contributed by atoms with Gasteiger partial charge in [0.05, 0.1) is 28.4 Å². The van der Waals surface area contributed by atoms with Gasteiger partial charge in [-0.3, -0.25) is 14.2 Å². The molecule has 2 rings (SSSR count). The number of rotatable bonds is 12. The molecule has 0 N–H and O–H groups in total. The summed E-state index contributed by atoms with van der Waals surface area (Å²) >= 11 is 0. The highest BCUT2D eigenvalue weighted by molar-refractivity contribution is 8.42. The molecule has 196 valence electrons. The van der Waals surface area contributed by atoms with Gasteiger partial charge in [-0.1, -0.05) is 44.4 Å². The summed E-state index contributed by atoms with van der Waals surface area (Å²) in [4.78, 5) is 28.1. The van der Waals surface area contributed by atoms with Crippen molar-refractivity contribution >= 4 is 25.4 Å². The Labute approximate surface area is 213 Å². The van der Waals surface area contributed by atoms with Crippen LogP contribution in [0.4, 0.5) is 0 Å². The van der Waals surface area contributed by atoms with Gasteiger partial charge in [0.25, 0.3) is 11.0 Å². The Morgan fingerprint density at radius 1 is 0.806 bits per heavy atom. The summed E-state index contributed by atoms with van der Waals surface area (Å²) in [7, 11) is 2.53. The molecule has 0 amide bonds. The Hall–Kier alpha value is -2.69. The highest BCUT2D eigenvalue weighted by atomic mass is 32.1. The molecular weight excluding hydrogens is 502 g/mol. The molecule has 0 aliphatic heterocycles. The molecule has 0 aromatic heterocycles. The summed E-state index contributed by atoms with van der Waals surface area (Å²) in [6.45, 7) is 3.16. The average molecular weight is 538 g/mol. The largest absolute Gasteiger partial charge is 0.496 e. The van der Waals surface area contributed by atoms with Crippen molar-refractivity contribution in [2.24, 2.45) is 11.3 Å². The normalized spacial score (nSPS) is 12.9. The molecule has 0 spiro atoms. The van der Waals surface area contributed by atoms with Crippen LogP contribution in [-0.4, -0.2) is 45.6 Å². The standard InChI is InChI=1S/C26H35O8P2/c1-17(15-26(2,3)4)16-35(29)36(30,24(27)22-18(31-5)11-9-12-19(22)32-6)25(28)23-20(33-7)13-10-14-21(23)34-8/h9-14,17H,15-16H2,1-8H3/q+1. The summed E-state index contributed by atoms with van der Waals surface area (Å²) in [5.41, 5.74) is -2.65. The maximum absolute atomic E-state index is 14.7. The van der Waals surface area contributed by atoms with Gasteiger partial charge < -0.3 is 18.9 Å². The van der Waals surface area contributed by atoms with Crippen LogP contribution in [0.15, 0.2) is 36.4 Å². The predicted octanol–water partition coefficient (Wildman–Crippen LogP) is 6.88. The second-order valence-corrected chi connectivity index (χ2v) is 15.7. The molecule has 8 nitrogen and oxygen atoms in total. The predicted molar refractivity (Wildman–Crippen MR) is 141 cm³/mol. The third kappa shape index (κ3) is 6.16. The van der Waals surface area contributed by atoms with Crippen molar-refractivity contribution in [2.45, 2.75) is 34.1 Å². The molecule has 2 aromatic carbocycles. The summed E-state index contributed by atoms with van der Waals surface area (Å²) < 4.78 is 49.9. The van der Waals surface area contributed by atoms with Crippen LogP contribution < -0.4 is 18.9 Å². The number of carbonyl (C=O) groups excluding carboxylic acids is 2. The van der Waals surface area contributed by atoms with E-state index in [1.165, 1.54) is 52.7 Å². The number of hydrogen-bond acceptors (Lipinski definition) is 8. The molecule has 0 aliphatic carbocycles. The van der Waals surface area contributed by atoms with Gasteiger partial charge in [-0.05, 0) is 36.1 Å². The van der Waals surface area contributed by atoms with Crippen LogP contribution in [-0.2, 0) is 9.13 Å². The fraction of sp³-hybridized carbons (Fsp3) is 0.462. The third-order valence-electron chi connectivity index (χ3n) is 5.58. The van der Waals surface area contributed by atoms with Gasteiger partial charge in [0.2, 0.25) is 0 Å². The van der Waals surface area contributed by atoms with Crippen molar-refractivity contribution in [2.75, 3.05) is 34.6 Å². The van der Waals surface area contributed by atoms with Crippen molar-refractivity contribution < 1.29 is 37.7 Å². The monoisotopic (exact) mass is 537 g/mol. The first kappa shape index (κ1) is 29.5. The molecule has 0 aliphatic rings. The molecule has 10 heteroatoms. The van der Waals surface area contributed by atoms with E-state index in [4.69, 9.17) is 18.9 Å². The molecule has 2 aromatic rings. The van der Waals surface area contributed by atoms with Crippen LogP contribution in [0.3, 0.4) is 0 Å². The van der Waals surface area contributed by atoms with Crippen molar-refractivity contribution in [1.29, 1.82) is 0 Å². The Bertz CT molecular complexity index is 1070. The van der Waals surface area contributed by atoms with E-state index in [-0.39, 0.29) is 51.6 Å². The Balaban J connectivity index is 2.79. The summed E-state index contributed by atoms with van der Waals surface area (Å²) in [5.74, 6) is 0.0775.